The summed E-state index contributed by atoms with van der Waals surface area (Å²) >= 11 is 0. The molecule has 0 saturated carbocycles. The molecule has 0 aromatic rings. The lowest BCUT2D eigenvalue weighted by Gasteiger charge is -1.87. The van der Waals surface area contributed by atoms with E-state index in [0.29, 0.717) is 6.54 Å². The highest BCUT2D eigenvalue weighted by molar-refractivity contribution is 4.60. The summed E-state index contributed by atoms with van der Waals surface area (Å²) in [6.07, 6.45) is 1.47. The summed E-state index contributed by atoms with van der Waals surface area (Å²) in [7, 11) is 0. The minimum atomic E-state index is -0.327. The smallest absolute Gasteiger partial charge is 0.107 e. The Morgan fingerprint density at radius 2 is 2.50 bits per heavy atom. The second-order valence-electron chi connectivity index (χ2n) is 0.847. The molecule has 0 fully saturated rings. The van der Waals surface area contributed by atoms with Gasteiger partial charge in [0.25, 0.3) is 0 Å². The van der Waals surface area contributed by atoms with Crippen molar-refractivity contribution in [1.82, 2.24) is 5.32 Å². The van der Waals surface area contributed by atoms with E-state index in [9.17, 15) is 4.39 Å². The summed E-state index contributed by atoms with van der Waals surface area (Å²) in [4.78, 5) is 0. The van der Waals surface area contributed by atoms with Gasteiger partial charge in [0, 0.05) is 6.54 Å². The summed E-state index contributed by atoms with van der Waals surface area (Å²) in [6.45, 7) is 3.37. The number of rotatable bonds is 3. The molecule has 0 unspecified atom stereocenters. The van der Waals surface area contributed by atoms with Gasteiger partial charge in [0.1, 0.15) is 6.67 Å². The summed E-state index contributed by atoms with van der Waals surface area (Å²) < 4.78 is 11.1. The van der Waals surface area contributed by atoms with Gasteiger partial charge in [-0.3, -0.25) is 0 Å². The lowest BCUT2D eigenvalue weighted by Crippen LogP contribution is -2.06. The van der Waals surface area contributed by atoms with Gasteiger partial charge in [0.15, 0.2) is 0 Å². The largest absolute Gasteiger partial charge is 0.389 e. The summed E-state index contributed by atoms with van der Waals surface area (Å²) in [5, 5.41) is 2.59. The van der Waals surface area contributed by atoms with Crippen molar-refractivity contribution in [1.29, 1.82) is 0 Å². The lowest BCUT2D eigenvalue weighted by atomic mass is 10.7. The molecule has 2 heteroatoms. The van der Waals surface area contributed by atoms with Crippen molar-refractivity contribution in [2.24, 2.45) is 0 Å². The van der Waals surface area contributed by atoms with Crippen LogP contribution in [-0.4, -0.2) is 13.2 Å². The van der Waals surface area contributed by atoms with Gasteiger partial charge in [-0.15, -0.1) is 0 Å². The fourth-order valence-electron chi connectivity index (χ4n) is 0.157. The van der Waals surface area contributed by atoms with Crippen molar-refractivity contribution >= 4 is 0 Å². The Hall–Kier alpha value is -0.530. The third kappa shape index (κ3) is 3.47. The molecule has 0 heterocycles. The van der Waals surface area contributed by atoms with Crippen molar-refractivity contribution in [2.75, 3.05) is 13.2 Å². The minimum absolute atomic E-state index is 0.327. The maximum absolute atomic E-state index is 11.1. The highest BCUT2D eigenvalue weighted by Gasteiger charge is 1.70. The van der Waals surface area contributed by atoms with Gasteiger partial charge < -0.3 is 5.32 Å². The molecule has 36 valence electrons. The van der Waals surface area contributed by atoms with Crippen LogP contribution in [-0.2, 0) is 0 Å². The monoisotopic (exact) mass is 89.1 g/mol. The van der Waals surface area contributed by atoms with E-state index in [1.807, 2.05) is 0 Å². The van der Waals surface area contributed by atoms with Gasteiger partial charge in [-0.2, -0.15) is 0 Å². The summed E-state index contributed by atoms with van der Waals surface area (Å²) in [6, 6.07) is 0. The highest BCUT2D eigenvalue weighted by Crippen LogP contribution is 1.59. The molecule has 1 N–H and O–H groups in total. The molecule has 0 atom stereocenters. The molecule has 1 nitrogen and oxygen atoms in total. The van der Waals surface area contributed by atoms with E-state index in [1.165, 1.54) is 6.20 Å². The Bertz CT molecular complexity index is 36.5. The molecule has 6 heavy (non-hydrogen) atoms. The van der Waals surface area contributed by atoms with Crippen LogP contribution in [0.2, 0.25) is 0 Å². The van der Waals surface area contributed by atoms with Gasteiger partial charge in [-0.05, 0) is 6.20 Å². The van der Waals surface area contributed by atoms with Gasteiger partial charge in [-0.25, -0.2) is 4.39 Å². The van der Waals surface area contributed by atoms with Crippen LogP contribution >= 0.6 is 0 Å². The van der Waals surface area contributed by atoms with Crippen LogP contribution in [0, 0.1) is 0 Å². The molecule has 0 spiro atoms. The van der Waals surface area contributed by atoms with Crippen molar-refractivity contribution in [2.45, 2.75) is 0 Å². The average Bonchev–Trinajstić information content (AvgIpc) is 1.61. The van der Waals surface area contributed by atoms with Crippen LogP contribution < -0.4 is 5.32 Å². The standard InChI is InChI=1S/C4H8FN/c1-2-6-4-3-5/h2,6H,1,3-4H2. The Balaban J connectivity index is 2.49. The molecule has 0 aliphatic carbocycles. The third-order valence-electron chi connectivity index (χ3n) is 0.383. The molecule has 0 aromatic heterocycles. The highest BCUT2D eigenvalue weighted by atomic mass is 19.1. The molecule has 0 amide bonds. The van der Waals surface area contributed by atoms with E-state index in [1.54, 1.807) is 0 Å². The van der Waals surface area contributed by atoms with Crippen molar-refractivity contribution < 1.29 is 4.39 Å². The van der Waals surface area contributed by atoms with Gasteiger partial charge in [0.2, 0.25) is 0 Å². The SMILES string of the molecule is C=CNCCF. The Morgan fingerprint density at radius 1 is 1.83 bits per heavy atom. The number of alkyl halides is 1. The minimum Gasteiger partial charge on any atom is -0.389 e. The molecular formula is C4H8FN. The lowest BCUT2D eigenvalue weighted by molar-refractivity contribution is 0.487. The molecule has 0 aliphatic heterocycles. The maximum atomic E-state index is 11.1. The van der Waals surface area contributed by atoms with E-state index >= 15 is 0 Å². The topological polar surface area (TPSA) is 12.0 Å². The van der Waals surface area contributed by atoms with E-state index in [4.69, 9.17) is 0 Å². The number of nitrogens with one attached hydrogen (secondary N) is 1. The van der Waals surface area contributed by atoms with Crippen LogP contribution in [0.3, 0.4) is 0 Å². The summed E-state index contributed by atoms with van der Waals surface area (Å²) in [5.41, 5.74) is 0. The Morgan fingerprint density at radius 3 is 2.67 bits per heavy atom. The summed E-state index contributed by atoms with van der Waals surface area (Å²) in [5.74, 6) is 0. The molecule has 0 aliphatic rings. The quantitative estimate of drug-likeness (QED) is 0.501. The maximum Gasteiger partial charge on any atom is 0.107 e. The second kappa shape index (κ2) is 4.47. The first-order valence-electron chi connectivity index (χ1n) is 1.82. The molecule has 0 aromatic carbocycles. The van der Waals surface area contributed by atoms with E-state index in [0.717, 1.165) is 0 Å². The Labute approximate surface area is 36.9 Å². The molecule has 0 radical (unpaired) electrons. The third-order valence-corrected chi connectivity index (χ3v) is 0.383. The van der Waals surface area contributed by atoms with Crippen LogP contribution in [0.4, 0.5) is 4.39 Å². The van der Waals surface area contributed by atoms with Crippen LogP contribution in [0.15, 0.2) is 12.8 Å². The molecule has 0 bridgehead atoms. The first-order valence-corrected chi connectivity index (χ1v) is 1.82. The van der Waals surface area contributed by atoms with E-state index in [-0.39, 0.29) is 6.67 Å². The predicted molar refractivity (Wildman–Crippen MR) is 24.2 cm³/mol. The van der Waals surface area contributed by atoms with Crippen LogP contribution in [0.25, 0.3) is 0 Å². The molecule has 0 saturated heterocycles. The predicted octanol–water partition coefficient (Wildman–Crippen LogP) is 0.689. The first kappa shape index (κ1) is 5.47. The first-order chi connectivity index (χ1) is 2.91. The number of hydrogen-bond donors (Lipinski definition) is 1. The molecular weight excluding hydrogens is 81.0 g/mol. The van der Waals surface area contributed by atoms with E-state index in [2.05, 4.69) is 11.9 Å². The normalized spacial score (nSPS) is 7.50. The van der Waals surface area contributed by atoms with Crippen molar-refractivity contribution in [3.8, 4) is 0 Å². The molecule has 0 rings (SSSR count). The van der Waals surface area contributed by atoms with Crippen LogP contribution in [0.1, 0.15) is 0 Å². The average molecular weight is 89.1 g/mol. The fraction of sp³-hybridized carbons (Fsp3) is 0.500. The van der Waals surface area contributed by atoms with Crippen molar-refractivity contribution in [3.05, 3.63) is 12.8 Å². The number of halogens is 1. The Kier molecular flexibility index (Phi) is 4.08. The van der Waals surface area contributed by atoms with E-state index < -0.39 is 0 Å². The van der Waals surface area contributed by atoms with Gasteiger partial charge in [0.05, 0.1) is 0 Å². The van der Waals surface area contributed by atoms with Crippen LogP contribution in [0.5, 0.6) is 0 Å². The zero-order chi connectivity index (χ0) is 4.83. The number of hydrogen-bond acceptors (Lipinski definition) is 1. The van der Waals surface area contributed by atoms with Gasteiger partial charge in [-0.1, -0.05) is 6.58 Å². The zero-order valence-electron chi connectivity index (χ0n) is 3.58. The zero-order valence-corrected chi connectivity index (χ0v) is 3.58. The fourth-order valence-corrected chi connectivity index (χ4v) is 0.157. The van der Waals surface area contributed by atoms with Gasteiger partial charge >= 0.3 is 0 Å². The van der Waals surface area contributed by atoms with Crippen molar-refractivity contribution in [3.63, 3.8) is 0 Å². The second-order valence-corrected chi connectivity index (χ2v) is 0.847.